The lowest BCUT2D eigenvalue weighted by Gasteiger charge is -2.20. The van der Waals surface area contributed by atoms with E-state index in [0.29, 0.717) is 24.7 Å². The van der Waals surface area contributed by atoms with Gasteiger partial charge in [0.15, 0.2) is 0 Å². The van der Waals surface area contributed by atoms with E-state index in [9.17, 15) is 4.79 Å². The van der Waals surface area contributed by atoms with Gasteiger partial charge in [0.2, 0.25) is 0 Å². The zero-order chi connectivity index (χ0) is 15.0. The van der Waals surface area contributed by atoms with E-state index in [0.717, 1.165) is 24.9 Å². The predicted octanol–water partition coefficient (Wildman–Crippen LogP) is 1.65. The van der Waals surface area contributed by atoms with Gasteiger partial charge in [0, 0.05) is 18.2 Å². The van der Waals surface area contributed by atoms with Gasteiger partial charge >= 0.3 is 0 Å². The molecule has 0 heterocycles. The maximum absolute atomic E-state index is 12.0. The quantitative estimate of drug-likeness (QED) is 0.710. The average Bonchev–Trinajstić information content (AvgIpc) is 2.43. The van der Waals surface area contributed by atoms with E-state index in [2.05, 4.69) is 31.1 Å². The van der Waals surface area contributed by atoms with Gasteiger partial charge < -0.3 is 16.0 Å². The van der Waals surface area contributed by atoms with Crippen LogP contribution in [0, 0.1) is 0 Å². The third-order valence-corrected chi connectivity index (χ3v) is 3.48. The fourth-order valence-corrected chi connectivity index (χ4v) is 1.93. The van der Waals surface area contributed by atoms with Gasteiger partial charge in [-0.25, -0.2) is 0 Å². The van der Waals surface area contributed by atoms with Crippen molar-refractivity contribution in [2.24, 2.45) is 5.73 Å². The molecule has 0 saturated heterocycles. The Bertz CT molecular complexity index is 418. The van der Waals surface area contributed by atoms with Gasteiger partial charge in [0.25, 0.3) is 5.91 Å². The minimum absolute atomic E-state index is 0.00364. The van der Waals surface area contributed by atoms with E-state index in [1.165, 1.54) is 0 Å². The molecule has 4 nitrogen and oxygen atoms in total. The van der Waals surface area contributed by atoms with Crippen molar-refractivity contribution in [3.05, 3.63) is 35.4 Å². The van der Waals surface area contributed by atoms with Crippen LogP contribution in [0.2, 0.25) is 0 Å². The van der Waals surface area contributed by atoms with Crippen LogP contribution in [0.1, 0.15) is 36.2 Å². The highest BCUT2D eigenvalue weighted by molar-refractivity contribution is 5.94. The van der Waals surface area contributed by atoms with Crippen molar-refractivity contribution in [3.8, 4) is 0 Å². The number of nitrogens with two attached hydrogens (primary N) is 1. The molecule has 1 rings (SSSR count). The number of benzene rings is 1. The Morgan fingerprint density at radius 1 is 1.40 bits per heavy atom. The molecule has 0 aromatic heterocycles. The summed E-state index contributed by atoms with van der Waals surface area (Å²) in [5, 5.41) is 2.97. The van der Waals surface area contributed by atoms with Crippen molar-refractivity contribution in [3.63, 3.8) is 0 Å². The van der Waals surface area contributed by atoms with E-state index in [1.807, 2.05) is 24.3 Å². The largest absolute Gasteiger partial charge is 0.352 e. The van der Waals surface area contributed by atoms with Crippen LogP contribution in [0.15, 0.2) is 24.3 Å². The third kappa shape index (κ3) is 5.72. The Kier molecular flexibility index (Phi) is 7.26. The van der Waals surface area contributed by atoms with Gasteiger partial charge in [0.1, 0.15) is 0 Å². The first kappa shape index (κ1) is 16.7. The molecule has 0 fully saturated rings. The molecule has 0 spiro atoms. The summed E-state index contributed by atoms with van der Waals surface area (Å²) in [6.45, 7) is 6.64. The topological polar surface area (TPSA) is 58.4 Å². The molecule has 1 aromatic carbocycles. The zero-order valence-corrected chi connectivity index (χ0v) is 12.9. The number of carbonyl (C=O) groups is 1. The molecule has 3 N–H and O–H groups in total. The van der Waals surface area contributed by atoms with Crippen LogP contribution in [-0.2, 0) is 6.42 Å². The molecule has 0 unspecified atom stereocenters. The SMILES string of the molecule is CC(C)N(C)CCCNC(=O)c1cccc(CCN)c1. The highest BCUT2D eigenvalue weighted by Gasteiger charge is 2.06. The number of amides is 1. The number of carbonyl (C=O) groups excluding carboxylic acids is 1. The number of nitrogens with zero attached hydrogens (tertiary/aromatic N) is 1. The van der Waals surface area contributed by atoms with Crippen LogP contribution in [0.5, 0.6) is 0 Å². The summed E-state index contributed by atoms with van der Waals surface area (Å²) in [6.07, 6.45) is 1.77. The average molecular weight is 277 g/mol. The fraction of sp³-hybridized carbons (Fsp3) is 0.562. The van der Waals surface area contributed by atoms with Crippen molar-refractivity contribution >= 4 is 5.91 Å². The lowest BCUT2D eigenvalue weighted by atomic mass is 10.1. The van der Waals surface area contributed by atoms with Crippen LogP contribution < -0.4 is 11.1 Å². The van der Waals surface area contributed by atoms with Crippen molar-refractivity contribution in [2.45, 2.75) is 32.7 Å². The summed E-state index contributed by atoms with van der Waals surface area (Å²) >= 11 is 0. The van der Waals surface area contributed by atoms with Gasteiger partial charge in [-0.05, 0) is 64.5 Å². The number of hydrogen-bond acceptors (Lipinski definition) is 3. The summed E-state index contributed by atoms with van der Waals surface area (Å²) in [5.74, 6) is -0.00364. The Hall–Kier alpha value is -1.39. The number of rotatable bonds is 8. The Balaban J connectivity index is 2.37. The van der Waals surface area contributed by atoms with E-state index in [4.69, 9.17) is 5.73 Å². The molecule has 4 heteroatoms. The second kappa shape index (κ2) is 8.72. The monoisotopic (exact) mass is 277 g/mol. The standard InChI is InChI=1S/C16H27N3O/c1-13(2)19(3)11-5-10-18-16(20)15-7-4-6-14(12-15)8-9-17/h4,6-7,12-13H,5,8-11,17H2,1-3H3,(H,18,20). The van der Waals surface area contributed by atoms with Crippen molar-refractivity contribution in [1.82, 2.24) is 10.2 Å². The van der Waals surface area contributed by atoms with Crippen LogP contribution in [0.4, 0.5) is 0 Å². The Morgan fingerprint density at radius 2 is 2.15 bits per heavy atom. The number of hydrogen-bond donors (Lipinski definition) is 2. The van der Waals surface area contributed by atoms with Crippen molar-refractivity contribution in [1.29, 1.82) is 0 Å². The molecule has 0 saturated carbocycles. The first-order chi connectivity index (χ1) is 9.54. The fourth-order valence-electron chi connectivity index (χ4n) is 1.93. The van der Waals surface area contributed by atoms with E-state index >= 15 is 0 Å². The van der Waals surface area contributed by atoms with E-state index in [1.54, 1.807) is 0 Å². The summed E-state index contributed by atoms with van der Waals surface area (Å²) < 4.78 is 0. The summed E-state index contributed by atoms with van der Waals surface area (Å²) in [7, 11) is 2.10. The molecule has 0 atom stereocenters. The molecule has 112 valence electrons. The number of nitrogens with one attached hydrogen (secondary N) is 1. The Labute approximate surface area is 122 Å². The van der Waals surface area contributed by atoms with Crippen LogP contribution >= 0.6 is 0 Å². The molecule has 1 aromatic rings. The van der Waals surface area contributed by atoms with Crippen LogP contribution in [0.25, 0.3) is 0 Å². The minimum Gasteiger partial charge on any atom is -0.352 e. The zero-order valence-electron chi connectivity index (χ0n) is 12.9. The van der Waals surface area contributed by atoms with E-state index in [-0.39, 0.29) is 5.91 Å². The molecular weight excluding hydrogens is 250 g/mol. The molecule has 0 aliphatic carbocycles. The van der Waals surface area contributed by atoms with Gasteiger partial charge in [-0.3, -0.25) is 4.79 Å². The van der Waals surface area contributed by atoms with Gasteiger partial charge in [-0.2, -0.15) is 0 Å². The lowest BCUT2D eigenvalue weighted by molar-refractivity contribution is 0.0951. The second-order valence-electron chi connectivity index (χ2n) is 5.42. The van der Waals surface area contributed by atoms with Gasteiger partial charge in [-0.15, -0.1) is 0 Å². The second-order valence-corrected chi connectivity index (χ2v) is 5.42. The molecule has 0 radical (unpaired) electrons. The van der Waals surface area contributed by atoms with Gasteiger partial charge in [0.05, 0.1) is 0 Å². The molecular formula is C16H27N3O. The molecule has 20 heavy (non-hydrogen) atoms. The maximum Gasteiger partial charge on any atom is 0.251 e. The highest BCUT2D eigenvalue weighted by atomic mass is 16.1. The first-order valence-electron chi connectivity index (χ1n) is 7.32. The Morgan fingerprint density at radius 3 is 2.80 bits per heavy atom. The normalized spacial score (nSPS) is 11.1. The third-order valence-electron chi connectivity index (χ3n) is 3.48. The smallest absolute Gasteiger partial charge is 0.251 e. The van der Waals surface area contributed by atoms with Gasteiger partial charge in [-0.1, -0.05) is 12.1 Å². The van der Waals surface area contributed by atoms with Crippen molar-refractivity contribution in [2.75, 3.05) is 26.7 Å². The molecule has 1 amide bonds. The maximum atomic E-state index is 12.0. The lowest BCUT2D eigenvalue weighted by Crippen LogP contribution is -2.31. The summed E-state index contributed by atoms with van der Waals surface area (Å²) in [5.41, 5.74) is 7.36. The highest BCUT2D eigenvalue weighted by Crippen LogP contribution is 2.05. The van der Waals surface area contributed by atoms with Crippen molar-refractivity contribution < 1.29 is 4.79 Å². The predicted molar refractivity (Wildman–Crippen MR) is 83.9 cm³/mol. The molecule has 0 bridgehead atoms. The van der Waals surface area contributed by atoms with Crippen LogP contribution in [-0.4, -0.2) is 43.5 Å². The summed E-state index contributed by atoms with van der Waals surface area (Å²) in [4.78, 5) is 14.3. The minimum atomic E-state index is -0.00364. The van der Waals surface area contributed by atoms with Crippen LogP contribution in [0.3, 0.4) is 0 Å². The molecule has 0 aliphatic rings. The van der Waals surface area contributed by atoms with E-state index < -0.39 is 0 Å². The summed E-state index contributed by atoms with van der Waals surface area (Å²) in [6, 6.07) is 8.21. The first-order valence-corrected chi connectivity index (χ1v) is 7.32. The molecule has 0 aliphatic heterocycles.